The van der Waals surface area contributed by atoms with Crippen molar-refractivity contribution in [2.45, 2.75) is 13.5 Å². The lowest BCUT2D eigenvalue weighted by atomic mass is 10.1. The van der Waals surface area contributed by atoms with E-state index in [0.717, 1.165) is 22.6 Å². The number of methoxy groups -OCH3 is 1. The largest absolute Gasteiger partial charge is 0.496 e. The molecule has 4 heteroatoms. The number of aryl methyl sites for hydroxylation is 1. The van der Waals surface area contributed by atoms with Gasteiger partial charge in [0.05, 0.1) is 7.11 Å². The summed E-state index contributed by atoms with van der Waals surface area (Å²) in [5.41, 5.74) is 3.28. The van der Waals surface area contributed by atoms with E-state index in [9.17, 15) is 4.79 Å². The van der Waals surface area contributed by atoms with Gasteiger partial charge in [0.15, 0.2) is 0 Å². The number of anilines is 1. The van der Waals surface area contributed by atoms with Crippen molar-refractivity contribution in [3.63, 3.8) is 0 Å². The molecule has 4 nitrogen and oxygen atoms in total. The molecule has 3 rings (SSSR count). The van der Waals surface area contributed by atoms with Gasteiger partial charge in [-0.05, 0) is 49.4 Å². The fraction of sp³-hybridized carbons (Fsp3) is 0.136. The molecule has 1 amide bonds. The highest BCUT2D eigenvalue weighted by atomic mass is 16.5. The Morgan fingerprint density at radius 3 is 2.38 bits per heavy atom. The van der Waals surface area contributed by atoms with E-state index in [1.807, 2.05) is 61.5 Å². The van der Waals surface area contributed by atoms with Gasteiger partial charge in [-0.25, -0.2) is 0 Å². The van der Waals surface area contributed by atoms with Crippen molar-refractivity contribution in [1.82, 2.24) is 0 Å². The molecule has 132 valence electrons. The standard InChI is InChI=1S/C22H21NO3/c1-16-8-11-19(12-9-16)23-22(24)17-10-13-21(25-2)18(14-17)15-26-20-6-4-3-5-7-20/h3-14H,15H2,1-2H3,(H,23,24). The summed E-state index contributed by atoms with van der Waals surface area (Å²) in [6.45, 7) is 2.33. The first-order valence-corrected chi connectivity index (χ1v) is 8.38. The van der Waals surface area contributed by atoms with Gasteiger partial charge in [0, 0.05) is 16.8 Å². The number of ether oxygens (including phenoxy) is 2. The lowest BCUT2D eigenvalue weighted by molar-refractivity contribution is 0.102. The van der Waals surface area contributed by atoms with Crippen LogP contribution in [-0.2, 0) is 6.61 Å². The van der Waals surface area contributed by atoms with E-state index < -0.39 is 0 Å². The van der Waals surface area contributed by atoms with Gasteiger partial charge in [0.25, 0.3) is 5.91 Å². The Morgan fingerprint density at radius 1 is 0.962 bits per heavy atom. The molecule has 0 saturated heterocycles. The third-order valence-corrected chi connectivity index (χ3v) is 3.99. The molecule has 0 fully saturated rings. The fourth-order valence-corrected chi connectivity index (χ4v) is 2.55. The van der Waals surface area contributed by atoms with E-state index in [0.29, 0.717) is 17.9 Å². The molecule has 0 heterocycles. The van der Waals surface area contributed by atoms with Crippen LogP contribution in [-0.4, -0.2) is 13.0 Å². The van der Waals surface area contributed by atoms with Crippen LogP contribution in [0.2, 0.25) is 0 Å². The normalized spacial score (nSPS) is 10.2. The van der Waals surface area contributed by atoms with E-state index in [1.54, 1.807) is 25.3 Å². The maximum absolute atomic E-state index is 12.5. The number of nitrogens with one attached hydrogen (secondary N) is 1. The molecule has 26 heavy (non-hydrogen) atoms. The van der Waals surface area contributed by atoms with Crippen molar-refractivity contribution in [1.29, 1.82) is 0 Å². The Bertz CT molecular complexity index is 874. The molecular formula is C22H21NO3. The van der Waals surface area contributed by atoms with Crippen LogP contribution in [0.1, 0.15) is 21.5 Å². The lowest BCUT2D eigenvalue weighted by Gasteiger charge is -2.12. The van der Waals surface area contributed by atoms with Gasteiger partial charge in [-0.3, -0.25) is 4.79 Å². The molecule has 1 N–H and O–H groups in total. The zero-order chi connectivity index (χ0) is 18.4. The first kappa shape index (κ1) is 17.5. The molecule has 3 aromatic carbocycles. The van der Waals surface area contributed by atoms with Crippen molar-refractivity contribution in [2.75, 3.05) is 12.4 Å². The Morgan fingerprint density at radius 2 is 1.69 bits per heavy atom. The van der Waals surface area contributed by atoms with Crippen LogP contribution in [0, 0.1) is 6.92 Å². The molecule has 0 saturated carbocycles. The van der Waals surface area contributed by atoms with Gasteiger partial charge in [0.1, 0.15) is 18.1 Å². The molecule has 0 aliphatic rings. The number of hydrogen-bond donors (Lipinski definition) is 1. The number of para-hydroxylation sites is 1. The third kappa shape index (κ3) is 4.42. The zero-order valence-corrected chi connectivity index (χ0v) is 14.9. The summed E-state index contributed by atoms with van der Waals surface area (Å²) in [5.74, 6) is 1.29. The average molecular weight is 347 g/mol. The van der Waals surface area contributed by atoms with Crippen molar-refractivity contribution >= 4 is 11.6 Å². The highest BCUT2D eigenvalue weighted by Crippen LogP contribution is 2.23. The fourth-order valence-electron chi connectivity index (χ4n) is 2.55. The molecular weight excluding hydrogens is 326 g/mol. The van der Waals surface area contributed by atoms with Crippen molar-refractivity contribution in [2.24, 2.45) is 0 Å². The quantitative estimate of drug-likeness (QED) is 0.694. The zero-order valence-electron chi connectivity index (χ0n) is 14.9. The van der Waals surface area contributed by atoms with Crippen LogP contribution in [0.25, 0.3) is 0 Å². The monoisotopic (exact) mass is 347 g/mol. The summed E-state index contributed by atoms with van der Waals surface area (Å²) in [6, 6.07) is 22.6. The smallest absolute Gasteiger partial charge is 0.255 e. The van der Waals surface area contributed by atoms with Gasteiger partial charge in [0.2, 0.25) is 0 Å². The number of carbonyl (C=O) groups excluding carboxylic acids is 1. The number of hydrogen-bond acceptors (Lipinski definition) is 3. The average Bonchev–Trinajstić information content (AvgIpc) is 2.68. The minimum Gasteiger partial charge on any atom is -0.496 e. The Kier molecular flexibility index (Phi) is 5.54. The van der Waals surface area contributed by atoms with Crippen molar-refractivity contribution < 1.29 is 14.3 Å². The second-order valence-electron chi connectivity index (χ2n) is 5.95. The van der Waals surface area contributed by atoms with Gasteiger partial charge >= 0.3 is 0 Å². The van der Waals surface area contributed by atoms with Gasteiger partial charge in [-0.1, -0.05) is 35.9 Å². The minimum absolute atomic E-state index is 0.169. The predicted octanol–water partition coefficient (Wildman–Crippen LogP) is 4.83. The molecule has 0 atom stereocenters. The number of amides is 1. The summed E-state index contributed by atoms with van der Waals surface area (Å²) in [7, 11) is 1.60. The Hall–Kier alpha value is -3.27. The second-order valence-corrected chi connectivity index (χ2v) is 5.95. The SMILES string of the molecule is COc1ccc(C(=O)Nc2ccc(C)cc2)cc1COc1ccccc1. The molecule has 0 radical (unpaired) electrons. The first-order valence-electron chi connectivity index (χ1n) is 8.38. The molecule has 0 aromatic heterocycles. The van der Waals surface area contributed by atoms with E-state index in [2.05, 4.69) is 5.32 Å². The van der Waals surface area contributed by atoms with E-state index in [1.165, 1.54) is 0 Å². The van der Waals surface area contributed by atoms with Crippen LogP contribution in [0.4, 0.5) is 5.69 Å². The van der Waals surface area contributed by atoms with Crippen molar-refractivity contribution in [3.05, 3.63) is 89.5 Å². The highest BCUT2D eigenvalue weighted by molar-refractivity contribution is 6.04. The molecule has 0 bridgehead atoms. The molecule has 0 spiro atoms. The Balaban J connectivity index is 1.75. The first-order chi connectivity index (χ1) is 12.7. The number of carbonyl (C=O) groups is 1. The Labute approximate surface area is 153 Å². The molecule has 0 aliphatic carbocycles. The second kappa shape index (κ2) is 8.21. The number of benzene rings is 3. The van der Waals surface area contributed by atoms with Crippen LogP contribution >= 0.6 is 0 Å². The summed E-state index contributed by atoms with van der Waals surface area (Å²) >= 11 is 0. The maximum atomic E-state index is 12.5. The summed E-state index contributed by atoms with van der Waals surface area (Å²) < 4.78 is 11.2. The lowest BCUT2D eigenvalue weighted by Crippen LogP contribution is -2.12. The van der Waals surface area contributed by atoms with Crippen LogP contribution < -0.4 is 14.8 Å². The highest BCUT2D eigenvalue weighted by Gasteiger charge is 2.11. The van der Waals surface area contributed by atoms with E-state index in [-0.39, 0.29) is 5.91 Å². The number of rotatable bonds is 6. The third-order valence-electron chi connectivity index (χ3n) is 3.99. The molecule has 3 aromatic rings. The van der Waals surface area contributed by atoms with Gasteiger partial charge < -0.3 is 14.8 Å². The summed E-state index contributed by atoms with van der Waals surface area (Å²) in [6.07, 6.45) is 0. The van der Waals surface area contributed by atoms with Crippen LogP contribution in [0.15, 0.2) is 72.8 Å². The summed E-state index contributed by atoms with van der Waals surface area (Å²) in [5, 5.41) is 2.90. The summed E-state index contributed by atoms with van der Waals surface area (Å²) in [4.78, 5) is 12.5. The van der Waals surface area contributed by atoms with Crippen molar-refractivity contribution in [3.8, 4) is 11.5 Å². The minimum atomic E-state index is -0.169. The van der Waals surface area contributed by atoms with E-state index in [4.69, 9.17) is 9.47 Å². The van der Waals surface area contributed by atoms with Gasteiger partial charge in [-0.15, -0.1) is 0 Å². The molecule has 0 aliphatic heterocycles. The maximum Gasteiger partial charge on any atom is 0.255 e. The molecule has 0 unspecified atom stereocenters. The van der Waals surface area contributed by atoms with Crippen LogP contribution in [0.3, 0.4) is 0 Å². The predicted molar refractivity (Wildman–Crippen MR) is 103 cm³/mol. The van der Waals surface area contributed by atoms with E-state index >= 15 is 0 Å². The topological polar surface area (TPSA) is 47.6 Å². The van der Waals surface area contributed by atoms with Gasteiger partial charge in [-0.2, -0.15) is 0 Å². The van der Waals surface area contributed by atoms with Crippen LogP contribution in [0.5, 0.6) is 11.5 Å².